The quantitative estimate of drug-likeness (QED) is 0.346. The highest BCUT2D eigenvalue weighted by Crippen LogP contribution is 2.36. The number of benzene rings is 1. The first-order valence-electron chi connectivity index (χ1n) is 6.96. The number of ether oxygens (including phenoxy) is 1. The Balaban J connectivity index is 2.68. The minimum absolute atomic E-state index is 0.0579. The molecule has 0 bridgehead atoms. The van der Waals surface area contributed by atoms with E-state index in [2.05, 4.69) is 4.74 Å². The van der Waals surface area contributed by atoms with Crippen LogP contribution in [0.2, 0.25) is 0 Å². The minimum Gasteiger partial charge on any atom is -0.508 e. The zero-order valence-corrected chi connectivity index (χ0v) is 12.4. The molecule has 0 amide bonds. The number of carbonyl (C=O) groups is 1. The van der Waals surface area contributed by atoms with E-state index >= 15 is 0 Å². The molecule has 5 N–H and O–H groups in total. The normalized spacial score (nSPS) is 13.7. The minimum atomic E-state index is -0.675. The molecule has 1 aromatic carbocycles. The highest BCUT2D eigenvalue weighted by atomic mass is 16.5. The SMILES string of the molecule is CCC(CCc1c(O)ccc(O)c1O)CC(N)C(=O)OC. The van der Waals surface area contributed by atoms with Crippen molar-refractivity contribution in [1.82, 2.24) is 0 Å². The number of phenolic OH excluding ortho intramolecular Hbond substituents is 3. The molecule has 0 spiro atoms. The average molecular weight is 297 g/mol. The van der Waals surface area contributed by atoms with Crippen molar-refractivity contribution in [3.63, 3.8) is 0 Å². The van der Waals surface area contributed by atoms with Gasteiger partial charge in [-0.3, -0.25) is 4.79 Å². The van der Waals surface area contributed by atoms with Gasteiger partial charge in [-0.25, -0.2) is 0 Å². The summed E-state index contributed by atoms with van der Waals surface area (Å²) in [6.07, 6.45) is 2.30. The fourth-order valence-corrected chi connectivity index (χ4v) is 2.30. The van der Waals surface area contributed by atoms with E-state index in [1.807, 2.05) is 6.92 Å². The molecule has 118 valence electrons. The molecular weight excluding hydrogens is 274 g/mol. The number of rotatable bonds is 7. The number of methoxy groups -OCH3 is 1. The van der Waals surface area contributed by atoms with E-state index < -0.39 is 12.0 Å². The fraction of sp³-hybridized carbons (Fsp3) is 0.533. The lowest BCUT2D eigenvalue weighted by atomic mass is 9.90. The second kappa shape index (κ2) is 7.73. The molecule has 0 aromatic heterocycles. The highest BCUT2D eigenvalue weighted by Gasteiger charge is 2.20. The van der Waals surface area contributed by atoms with Gasteiger partial charge in [-0.05, 0) is 37.3 Å². The first-order valence-corrected chi connectivity index (χ1v) is 6.96. The van der Waals surface area contributed by atoms with Crippen LogP contribution in [0.1, 0.15) is 31.7 Å². The molecule has 0 aliphatic heterocycles. The molecule has 0 aliphatic rings. The zero-order valence-electron chi connectivity index (χ0n) is 12.4. The molecular formula is C15H23NO5. The summed E-state index contributed by atoms with van der Waals surface area (Å²) in [5, 5.41) is 29.0. The molecule has 21 heavy (non-hydrogen) atoms. The molecule has 6 nitrogen and oxygen atoms in total. The first-order chi connectivity index (χ1) is 9.90. The van der Waals surface area contributed by atoms with Gasteiger partial charge in [0, 0.05) is 5.56 Å². The molecule has 1 rings (SSSR count). The Bertz CT molecular complexity index is 489. The lowest BCUT2D eigenvalue weighted by molar-refractivity contribution is -0.142. The number of hydrogen-bond acceptors (Lipinski definition) is 6. The van der Waals surface area contributed by atoms with Crippen molar-refractivity contribution in [3.8, 4) is 17.2 Å². The Morgan fingerprint density at radius 1 is 1.29 bits per heavy atom. The number of hydrogen-bond donors (Lipinski definition) is 4. The highest BCUT2D eigenvalue weighted by molar-refractivity contribution is 5.75. The third kappa shape index (κ3) is 4.53. The Labute approximate surface area is 124 Å². The standard InChI is InChI=1S/C15H23NO5/c1-3-9(8-11(16)15(20)21-2)4-5-10-12(17)6-7-13(18)14(10)19/h6-7,9,11,17-19H,3-5,8,16H2,1-2H3. The largest absolute Gasteiger partial charge is 0.508 e. The van der Waals surface area contributed by atoms with Gasteiger partial charge in [0.2, 0.25) is 0 Å². The fourth-order valence-electron chi connectivity index (χ4n) is 2.30. The van der Waals surface area contributed by atoms with Gasteiger partial charge >= 0.3 is 5.97 Å². The molecule has 0 saturated carbocycles. The lowest BCUT2D eigenvalue weighted by Crippen LogP contribution is -2.33. The topological polar surface area (TPSA) is 113 Å². The molecule has 6 heteroatoms. The Hall–Kier alpha value is -1.95. The van der Waals surface area contributed by atoms with Gasteiger partial charge in [0.25, 0.3) is 0 Å². The van der Waals surface area contributed by atoms with Crippen molar-refractivity contribution in [3.05, 3.63) is 17.7 Å². The van der Waals surface area contributed by atoms with Gasteiger partial charge in [0.15, 0.2) is 11.5 Å². The third-order valence-electron chi connectivity index (χ3n) is 3.71. The van der Waals surface area contributed by atoms with Crippen LogP contribution in [0.5, 0.6) is 17.2 Å². The summed E-state index contributed by atoms with van der Waals surface area (Å²) in [5.74, 6) is -0.918. The van der Waals surface area contributed by atoms with Crippen LogP contribution >= 0.6 is 0 Å². The van der Waals surface area contributed by atoms with E-state index in [1.165, 1.54) is 19.2 Å². The van der Waals surface area contributed by atoms with Gasteiger partial charge in [-0.1, -0.05) is 13.3 Å². The van der Waals surface area contributed by atoms with Gasteiger partial charge in [-0.2, -0.15) is 0 Å². The summed E-state index contributed by atoms with van der Waals surface area (Å²) in [4.78, 5) is 11.3. The van der Waals surface area contributed by atoms with E-state index in [4.69, 9.17) is 5.73 Å². The Morgan fingerprint density at radius 2 is 1.90 bits per heavy atom. The van der Waals surface area contributed by atoms with Crippen molar-refractivity contribution in [1.29, 1.82) is 0 Å². The summed E-state index contributed by atoms with van der Waals surface area (Å²) in [5.41, 5.74) is 6.05. The monoisotopic (exact) mass is 297 g/mol. The van der Waals surface area contributed by atoms with Crippen molar-refractivity contribution in [2.45, 2.75) is 38.6 Å². The van der Waals surface area contributed by atoms with Crippen LogP contribution in [-0.4, -0.2) is 34.4 Å². The summed E-state index contributed by atoms with van der Waals surface area (Å²) >= 11 is 0. The van der Waals surface area contributed by atoms with Crippen LogP contribution in [0, 0.1) is 5.92 Å². The second-order valence-corrected chi connectivity index (χ2v) is 5.11. The predicted molar refractivity (Wildman–Crippen MR) is 78.1 cm³/mol. The van der Waals surface area contributed by atoms with E-state index in [0.29, 0.717) is 24.8 Å². The van der Waals surface area contributed by atoms with Crippen LogP contribution in [-0.2, 0) is 16.0 Å². The lowest BCUT2D eigenvalue weighted by Gasteiger charge is -2.19. The van der Waals surface area contributed by atoms with Crippen LogP contribution < -0.4 is 5.73 Å². The average Bonchev–Trinajstić information content (AvgIpc) is 2.48. The zero-order chi connectivity index (χ0) is 16.0. The molecule has 1 aromatic rings. The van der Waals surface area contributed by atoms with Gasteiger partial charge in [0.1, 0.15) is 11.8 Å². The van der Waals surface area contributed by atoms with E-state index in [9.17, 15) is 20.1 Å². The number of aromatic hydroxyl groups is 3. The summed E-state index contributed by atoms with van der Waals surface area (Å²) in [6.45, 7) is 1.98. The first kappa shape index (κ1) is 17.1. The van der Waals surface area contributed by atoms with Gasteiger partial charge in [0.05, 0.1) is 7.11 Å². The third-order valence-corrected chi connectivity index (χ3v) is 3.71. The van der Waals surface area contributed by atoms with Crippen molar-refractivity contribution >= 4 is 5.97 Å². The molecule has 0 saturated heterocycles. The number of phenols is 3. The summed E-state index contributed by atoms with van der Waals surface area (Å²) in [7, 11) is 1.30. The molecule has 0 heterocycles. The van der Waals surface area contributed by atoms with Crippen LogP contribution in [0.15, 0.2) is 12.1 Å². The predicted octanol–water partition coefficient (Wildman–Crippen LogP) is 1.65. The molecule has 0 aliphatic carbocycles. The van der Waals surface area contributed by atoms with Gasteiger partial charge in [-0.15, -0.1) is 0 Å². The van der Waals surface area contributed by atoms with E-state index in [0.717, 1.165) is 6.42 Å². The number of esters is 1. The van der Waals surface area contributed by atoms with Crippen LogP contribution in [0.3, 0.4) is 0 Å². The maximum Gasteiger partial charge on any atom is 0.322 e. The molecule has 0 fully saturated rings. The van der Waals surface area contributed by atoms with Crippen molar-refractivity contribution < 1.29 is 24.9 Å². The molecule has 2 atom stereocenters. The second-order valence-electron chi connectivity index (χ2n) is 5.11. The summed E-state index contributed by atoms with van der Waals surface area (Å²) in [6, 6.07) is 1.90. The van der Waals surface area contributed by atoms with Crippen molar-refractivity contribution in [2.24, 2.45) is 11.7 Å². The van der Waals surface area contributed by atoms with Crippen LogP contribution in [0.25, 0.3) is 0 Å². The maximum absolute atomic E-state index is 11.3. The smallest absolute Gasteiger partial charge is 0.322 e. The Kier molecular flexibility index (Phi) is 6.30. The maximum atomic E-state index is 11.3. The number of carbonyl (C=O) groups excluding carboxylic acids is 1. The molecule has 2 unspecified atom stereocenters. The van der Waals surface area contributed by atoms with Gasteiger partial charge < -0.3 is 25.8 Å². The number of nitrogens with two attached hydrogens (primary N) is 1. The van der Waals surface area contributed by atoms with E-state index in [1.54, 1.807) is 0 Å². The van der Waals surface area contributed by atoms with Crippen LogP contribution in [0.4, 0.5) is 0 Å². The van der Waals surface area contributed by atoms with Crippen molar-refractivity contribution in [2.75, 3.05) is 7.11 Å². The summed E-state index contributed by atoms with van der Waals surface area (Å²) < 4.78 is 4.60. The van der Waals surface area contributed by atoms with E-state index in [-0.39, 0.29) is 23.2 Å². The Morgan fingerprint density at radius 3 is 2.48 bits per heavy atom. The molecule has 0 radical (unpaired) electrons.